The first-order valence-electron chi connectivity index (χ1n) is 6.86. The Hall–Kier alpha value is -1.73. The summed E-state index contributed by atoms with van der Waals surface area (Å²) in [6.45, 7) is 0. The van der Waals surface area contributed by atoms with Crippen LogP contribution in [-0.4, -0.2) is 42.9 Å². The molecule has 4 atom stereocenters. The lowest BCUT2D eigenvalue weighted by atomic mass is 9.86. The second-order valence-corrected chi connectivity index (χ2v) is 6.40. The van der Waals surface area contributed by atoms with Crippen LogP contribution in [0, 0.1) is 11.8 Å². The van der Waals surface area contributed by atoms with Gasteiger partial charge in [-0.15, -0.1) is 0 Å². The predicted octanol–water partition coefficient (Wildman–Crippen LogP) is 0.866. The third kappa shape index (κ3) is 2.16. The lowest BCUT2D eigenvalue weighted by molar-refractivity contribution is -0.147. The number of carbonyl (C=O) groups is 3. The van der Waals surface area contributed by atoms with Gasteiger partial charge in [0.05, 0.1) is 18.9 Å². The van der Waals surface area contributed by atoms with Crippen LogP contribution in [0.15, 0.2) is 28.7 Å². The fourth-order valence-electron chi connectivity index (χ4n) is 3.28. The van der Waals surface area contributed by atoms with Gasteiger partial charge in [0.15, 0.2) is 0 Å². The van der Waals surface area contributed by atoms with E-state index >= 15 is 0 Å². The van der Waals surface area contributed by atoms with Crippen molar-refractivity contribution in [3.8, 4) is 0 Å². The highest BCUT2D eigenvalue weighted by Gasteiger charge is 2.60. The largest absolute Gasteiger partial charge is 0.468 e. The van der Waals surface area contributed by atoms with E-state index in [4.69, 9.17) is 4.74 Å². The highest BCUT2D eigenvalue weighted by molar-refractivity contribution is 9.10. The summed E-state index contributed by atoms with van der Waals surface area (Å²) in [5, 5.41) is 3.10. The van der Waals surface area contributed by atoms with Gasteiger partial charge in [0, 0.05) is 17.6 Å². The van der Waals surface area contributed by atoms with Gasteiger partial charge in [-0.2, -0.15) is 0 Å². The summed E-state index contributed by atoms with van der Waals surface area (Å²) in [6, 6.07) is 6.28. The van der Waals surface area contributed by atoms with Crippen LogP contribution in [0.2, 0.25) is 0 Å². The number of halogens is 1. The summed E-state index contributed by atoms with van der Waals surface area (Å²) in [5.74, 6) is -2.41. The highest BCUT2D eigenvalue weighted by atomic mass is 79.9. The number of nitrogens with one attached hydrogen (secondary N) is 1. The first-order valence-corrected chi connectivity index (χ1v) is 7.65. The van der Waals surface area contributed by atoms with Crippen molar-refractivity contribution in [1.82, 2.24) is 10.2 Å². The number of nitrogens with zero attached hydrogens (tertiary/aromatic N) is 1. The summed E-state index contributed by atoms with van der Waals surface area (Å²) in [5.41, 5.74) is 0.862. The number of ether oxygens (including phenoxy) is 1. The number of esters is 1. The molecule has 7 heteroatoms. The summed E-state index contributed by atoms with van der Waals surface area (Å²) in [7, 11) is 2.73. The van der Waals surface area contributed by atoms with Gasteiger partial charge in [0.2, 0.25) is 11.8 Å². The monoisotopic (exact) mass is 366 g/mol. The van der Waals surface area contributed by atoms with Crippen LogP contribution < -0.4 is 5.32 Å². The SMILES string of the molecule is COC(=O)C1NC(c2ccc(Br)cc2)C2C(=O)N(C)C(=O)C12. The van der Waals surface area contributed by atoms with Gasteiger partial charge < -0.3 is 4.74 Å². The number of methoxy groups -OCH3 is 1. The lowest BCUT2D eigenvalue weighted by Crippen LogP contribution is -2.42. The van der Waals surface area contributed by atoms with Crippen LogP contribution in [0.3, 0.4) is 0 Å². The van der Waals surface area contributed by atoms with E-state index in [-0.39, 0.29) is 17.9 Å². The zero-order valence-corrected chi connectivity index (χ0v) is 13.7. The molecule has 2 saturated heterocycles. The maximum Gasteiger partial charge on any atom is 0.323 e. The first-order chi connectivity index (χ1) is 10.5. The number of hydrogen-bond donors (Lipinski definition) is 1. The number of amides is 2. The van der Waals surface area contributed by atoms with E-state index in [0.29, 0.717) is 0 Å². The third-order valence-electron chi connectivity index (χ3n) is 4.38. The molecule has 2 amide bonds. The summed E-state index contributed by atoms with van der Waals surface area (Å²) in [6.07, 6.45) is 0. The fourth-order valence-corrected chi connectivity index (χ4v) is 3.54. The van der Waals surface area contributed by atoms with Crippen LogP contribution in [0.1, 0.15) is 11.6 Å². The van der Waals surface area contributed by atoms with Gasteiger partial charge in [-0.3, -0.25) is 24.6 Å². The summed E-state index contributed by atoms with van der Waals surface area (Å²) < 4.78 is 5.69. The Balaban J connectivity index is 2.01. The Morgan fingerprint density at radius 1 is 1.18 bits per heavy atom. The Kier molecular flexibility index (Phi) is 3.78. The molecule has 4 unspecified atom stereocenters. The molecule has 0 bridgehead atoms. The maximum absolute atomic E-state index is 12.4. The van der Waals surface area contributed by atoms with E-state index < -0.39 is 23.8 Å². The number of benzene rings is 1. The van der Waals surface area contributed by atoms with Crippen molar-refractivity contribution in [2.75, 3.05) is 14.2 Å². The van der Waals surface area contributed by atoms with Crippen molar-refractivity contribution in [1.29, 1.82) is 0 Å². The summed E-state index contributed by atoms with van der Waals surface area (Å²) >= 11 is 3.36. The standard InChI is InChI=1S/C15H15BrN2O4/c1-18-13(19)9-10(14(18)20)12(15(21)22-2)17-11(9)7-3-5-8(16)6-4-7/h3-6,9-12,17H,1-2H3. The number of hydrogen-bond acceptors (Lipinski definition) is 5. The number of likely N-dealkylation sites (tertiary alicyclic amines) is 1. The zero-order chi connectivity index (χ0) is 16.0. The molecule has 0 radical (unpaired) electrons. The average Bonchev–Trinajstić information content (AvgIpc) is 3.01. The van der Waals surface area contributed by atoms with Crippen LogP contribution >= 0.6 is 15.9 Å². The van der Waals surface area contributed by atoms with Crippen molar-refractivity contribution in [3.05, 3.63) is 34.3 Å². The molecule has 116 valence electrons. The van der Waals surface area contributed by atoms with E-state index in [2.05, 4.69) is 21.2 Å². The van der Waals surface area contributed by atoms with Crippen LogP contribution in [0.25, 0.3) is 0 Å². The highest BCUT2D eigenvalue weighted by Crippen LogP contribution is 2.43. The minimum atomic E-state index is -0.801. The van der Waals surface area contributed by atoms with Gasteiger partial charge in [0.25, 0.3) is 0 Å². The Labute approximate surface area is 135 Å². The number of fused-ring (bicyclic) bond motifs is 1. The van der Waals surface area contributed by atoms with Gasteiger partial charge in [-0.05, 0) is 17.7 Å². The molecule has 1 aromatic rings. The molecule has 0 aromatic heterocycles. The van der Waals surface area contributed by atoms with Crippen LogP contribution in [-0.2, 0) is 19.1 Å². The Bertz CT molecular complexity index is 645. The fraction of sp³-hybridized carbons (Fsp3) is 0.400. The molecular weight excluding hydrogens is 352 g/mol. The molecule has 2 fully saturated rings. The van der Waals surface area contributed by atoms with Crippen molar-refractivity contribution in [2.45, 2.75) is 12.1 Å². The van der Waals surface area contributed by atoms with Gasteiger partial charge >= 0.3 is 5.97 Å². The molecule has 1 N–H and O–H groups in total. The van der Waals surface area contributed by atoms with Crippen molar-refractivity contribution in [2.24, 2.45) is 11.8 Å². The molecule has 6 nitrogen and oxygen atoms in total. The topological polar surface area (TPSA) is 75.7 Å². The Morgan fingerprint density at radius 3 is 2.36 bits per heavy atom. The molecule has 0 aliphatic carbocycles. The Morgan fingerprint density at radius 2 is 1.77 bits per heavy atom. The smallest absolute Gasteiger partial charge is 0.323 e. The van der Waals surface area contributed by atoms with Crippen LogP contribution in [0.5, 0.6) is 0 Å². The number of imide groups is 1. The van der Waals surface area contributed by atoms with E-state index in [1.54, 1.807) is 0 Å². The minimum Gasteiger partial charge on any atom is -0.468 e. The third-order valence-corrected chi connectivity index (χ3v) is 4.91. The first kappa shape index (κ1) is 15.2. The molecule has 2 heterocycles. The van der Waals surface area contributed by atoms with Crippen molar-refractivity contribution in [3.63, 3.8) is 0 Å². The zero-order valence-electron chi connectivity index (χ0n) is 12.1. The molecular formula is C15H15BrN2O4. The second kappa shape index (κ2) is 5.48. The molecule has 2 aliphatic rings. The normalized spacial score (nSPS) is 30.6. The average molecular weight is 367 g/mol. The van der Waals surface area contributed by atoms with Crippen molar-refractivity contribution < 1.29 is 19.1 Å². The van der Waals surface area contributed by atoms with E-state index in [0.717, 1.165) is 14.9 Å². The maximum atomic E-state index is 12.4. The number of carbonyl (C=O) groups excluding carboxylic acids is 3. The van der Waals surface area contributed by atoms with E-state index in [1.807, 2.05) is 24.3 Å². The molecule has 2 aliphatic heterocycles. The molecule has 22 heavy (non-hydrogen) atoms. The second-order valence-electron chi connectivity index (χ2n) is 5.48. The van der Waals surface area contributed by atoms with Gasteiger partial charge in [0.1, 0.15) is 6.04 Å². The summed E-state index contributed by atoms with van der Waals surface area (Å²) in [4.78, 5) is 37.8. The van der Waals surface area contributed by atoms with E-state index in [9.17, 15) is 14.4 Å². The minimum absolute atomic E-state index is 0.262. The number of rotatable bonds is 2. The molecule has 0 saturated carbocycles. The lowest BCUT2D eigenvalue weighted by Gasteiger charge is -2.19. The van der Waals surface area contributed by atoms with E-state index in [1.165, 1.54) is 14.2 Å². The predicted molar refractivity (Wildman–Crippen MR) is 80.6 cm³/mol. The molecule has 3 rings (SSSR count). The van der Waals surface area contributed by atoms with Crippen molar-refractivity contribution >= 4 is 33.7 Å². The molecule has 0 spiro atoms. The molecule has 1 aromatic carbocycles. The van der Waals surface area contributed by atoms with Crippen LogP contribution in [0.4, 0.5) is 0 Å². The van der Waals surface area contributed by atoms with Gasteiger partial charge in [-0.25, -0.2) is 0 Å². The van der Waals surface area contributed by atoms with Gasteiger partial charge in [-0.1, -0.05) is 28.1 Å². The quantitative estimate of drug-likeness (QED) is 0.620.